The minimum Gasteiger partial charge on any atom is -0.310 e. The Bertz CT molecular complexity index is 1380. The van der Waals surface area contributed by atoms with E-state index >= 15 is 0 Å². The number of aryl methyl sites for hydroxylation is 4. The van der Waals surface area contributed by atoms with Crippen LogP contribution in [0.15, 0.2) is 36.4 Å². The number of anilines is 1. The smallest absolute Gasteiger partial charge is 0.269 e. The van der Waals surface area contributed by atoms with Crippen molar-refractivity contribution in [1.29, 1.82) is 0 Å². The number of nitrogens with zero attached hydrogens (tertiary/aromatic N) is 7. The van der Waals surface area contributed by atoms with Gasteiger partial charge in [0, 0.05) is 40.8 Å². The summed E-state index contributed by atoms with van der Waals surface area (Å²) in [6.45, 7) is 9.33. The first-order valence-electron chi connectivity index (χ1n) is 10.6. The second-order valence-corrected chi connectivity index (χ2v) is 8.09. The summed E-state index contributed by atoms with van der Waals surface area (Å²) in [4.78, 5) is 32.4. The van der Waals surface area contributed by atoms with Gasteiger partial charge in [-0.2, -0.15) is 10.2 Å². The zero-order chi connectivity index (χ0) is 24.6. The molecule has 11 nitrogen and oxygen atoms in total. The summed E-state index contributed by atoms with van der Waals surface area (Å²) >= 11 is 0. The molecule has 0 aliphatic rings. The van der Waals surface area contributed by atoms with Crippen LogP contribution in [0.3, 0.4) is 0 Å². The zero-order valence-electron chi connectivity index (χ0n) is 19.5. The van der Waals surface area contributed by atoms with Crippen LogP contribution in [0, 0.1) is 44.7 Å². The number of amides is 1. The third-order valence-corrected chi connectivity index (χ3v) is 5.34. The molecule has 0 radical (unpaired) electrons. The molecule has 1 amide bonds. The van der Waals surface area contributed by atoms with Crippen LogP contribution in [-0.4, -0.2) is 40.4 Å². The summed E-state index contributed by atoms with van der Waals surface area (Å²) in [7, 11) is 0. The van der Waals surface area contributed by atoms with Crippen LogP contribution in [0.4, 0.5) is 11.5 Å². The van der Waals surface area contributed by atoms with Gasteiger partial charge in [-0.15, -0.1) is 0 Å². The molecule has 0 saturated carbocycles. The molecule has 3 heterocycles. The zero-order valence-corrected chi connectivity index (χ0v) is 19.5. The van der Waals surface area contributed by atoms with Crippen molar-refractivity contribution in [2.75, 3.05) is 5.32 Å². The molecule has 0 fully saturated rings. The van der Waals surface area contributed by atoms with Gasteiger partial charge in [0.25, 0.3) is 11.6 Å². The molecule has 0 atom stereocenters. The summed E-state index contributed by atoms with van der Waals surface area (Å²) in [5.74, 6) is 0.698. The third-order valence-electron chi connectivity index (χ3n) is 5.34. The molecule has 0 bridgehead atoms. The SMILES string of the molecule is Cc1cc(C)nc(-n2nc(C)c(CC(=O)Nc3cc(C)nn3-c3ccc([N+](=O)[O-])cc3)c2C)n1. The van der Waals surface area contributed by atoms with Crippen molar-refractivity contribution in [1.82, 2.24) is 29.5 Å². The fourth-order valence-corrected chi connectivity index (χ4v) is 3.78. The van der Waals surface area contributed by atoms with E-state index in [1.165, 1.54) is 12.1 Å². The maximum Gasteiger partial charge on any atom is 0.269 e. The Morgan fingerprint density at radius 2 is 1.59 bits per heavy atom. The highest BCUT2D eigenvalue weighted by atomic mass is 16.6. The summed E-state index contributed by atoms with van der Waals surface area (Å²) in [5, 5.41) is 22.8. The van der Waals surface area contributed by atoms with E-state index in [0.717, 1.165) is 28.3 Å². The molecule has 0 unspecified atom stereocenters. The van der Waals surface area contributed by atoms with E-state index in [1.54, 1.807) is 34.5 Å². The lowest BCUT2D eigenvalue weighted by atomic mass is 10.1. The van der Waals surface area contributed by atoms with Crippen molar-refractivity contribution in [3.63, 3.8) is 0 Å². The Morgan fingerprint density at radius 1 is 0.941 bits per heavy atom. The Labute approximate surface area is 195 Å². The molecule has 1 aromatic carbocycles. The number of nitro benzene ring substituents is 1. The van der Waals surface area contributed by atoms with E-state index in [9.17, 15) is 14.9 Å². The molecule has 4 aromatic rings. The number of hydrogen-bond donors (Lipinski definition) is 1. The molecule has 0 saturated heterocycles. The van der Waals surface area contributed by atoms with E-state index in [2.05, 4.69) is 25.5 Å². The fraction of sp³-hybridized carbons (Fsp3) is 0.261. The molecule has 11 heteroatoms. The molecule has 0 spiro atoms. The van der Waals surface area contributed by atoms with Gasteiger partial charge in [0.05, 0.1) is 28.4 Å². The lowest BCUT2D eigenvalue weighted by molar-refractivity contribution is -0.384. The highest BCUT2D eigenvalue weighted by Crippen LogP contribution is 2.22. The van der Waals surface area contributed by atoms with Gasteiger partial charge in [0.1, 0.15) is 5.82 Å². The number of benzene rings is 1. The van der Waals surface area contributed by atoms with E-state index in [1.807, 2.05) is 33.8 Å². The highest BCUT2D eigenvalue weighted by molar-refractivity contribution is 5.92. The van der Waals surface area contributed by atoms with Gasteiger partial charge in [0.15, 0.2) is 0 Å². The van der Waals surface area contributed by atoms with Crippen molar-refractivity contribution < 1.29 is 9.72 Å². The first-order valence-corrected chi connectivity index (χ1v) is 10.6. The number of nitro groups is 1. The maximum absolute atomic E-state index is 13.0. The molecule has 4 rings (SSSR count). The van der Waals surface area contributed by atoms with E-state index in [-0.39, 0.29) is 18.0 Å². The van der Waals surface area contributed by atoms with Gasteiger partial charge in [-0.1, -0.05) is 0 Å². The third kappa shape index (κ3) is 4.53. The molecule has 0 aliphatic carbocycles. The van der Waals surface area contributed by atoms with Crippen LogP contribution in [0.1, 0.15) is 34.0 Å². The Hall–Kier alpha value is -4.41. The largest absolute Gasteiger partial charge is 0.310 e. The van der Waals surface area contributed by atoms with Crippen LogP contribution in [0.25, 0.3) is 11.6 Å². The highest BCUT2D eigenvalue weighted by Gasteiger charge is 2.19. The van der Waals surface area contributed by atoms with Crippen molar-refractivity contribution in [2.45, 2.75) is 41.0 Å². The van der Waals surface area contributed by atoms with Gasteiger partial charge in [-0.05, 0) is 52.8 Å². The summed E-state index contributed by atoms with van der Waals surface area (Å²) in [5.41, 5.74) is 5.25. The average molecular weight is 460 g/mol. The standard InChI is InChI=1S/C23H24N8O3/c1-13-10-14(2)25-23(24-13)29-17(5)20(16(4)28-29)12-22(32)26-21-11-15(3)27-30(21)18-6-8-19(9-7-18)31(33)34/h6-11H,12H2,1-5H3,(H,26,32). The summed E-state index contributed by atoms with van der Waals surface area (Å²) in [6.07, 6.45) is 0.104. The van der Waals surface area contributed by atoms with Crippen molar-refractivity contribution >= 4 is 17.4 Å². The van der Waals surface area contributed by atoms with Crippen molar-refractivity contribution in [2.24, 2.45) is 0 Å². The van der Waals surface area contributed by atoms with Crippen LogP contribution < -0.4 is 5.32 Å². The predicted molar refractivity (Wildman–Crippen MR) is 125 cm³/mol. The summed E-state index contributed by atoms with van der Waals surface area (Å²) < 4.78 is 3.20. The van der Waals surface area contributed by atoms with Crippen molar-refractivity contribution in [3.05, 3.63) is 80.5 Å². The first kappa shape index (κ1) is 22.8. The molecule has 174 valence electrons. The topological polar surface area (TPSA) is 134 Å². The van der Waals surface area contributed by atoms with Gasteiger partial charge in [-0.25, -0.2) is 19.3 Å². The van der Waals surface area contributed by atoms with Crippen LogP contribution in [0.2, 0.25) is 0 Å². The molecular weight excluding hydrogens is 436 g/mol. The fourth-order valence-electron chi connectivity index (χ4n) is 3.78. The molecule has 0 aliphatic heterocycles. The van der Waals surface area contributed by atoms with E-state index < -0.39 is 4.92 Å². The van der Waals surface area contributed by atoms with Gasteiger partial charge < -0.3 is 5.32 Å². The minimum atomic E-state index is -0.464. The lowest BCUT2D eigenvalue weighted by Crippen LogP contribution is -2.18. The second kappa shape index (κ2) is 8.85. The van der Waals surface area contributed by atoms with E-state index in [4.69, 9.17) is 0 Å². The molecule has 1 N–H and O–H groups in total. The molecule has 34 heavy (non-hydrogen) atoms. The van der Waals surface area contributed by atoms with Crippen molar-refractivity contribution in [3.8, 4) is 11.6 Å². The van der Waals surface area contributed by atoms with Gasteiger partial charge in [-0.3, -0.25) is 14.9 Å². The predicted octanol–water partition coefficient (Wildman–Crippen LogP) is 3.48. The normalized spacial score (nSPS) is 11.0. The van der Waals surface area contributed by atoms with Crippen LogP contribution in [0.5, 0.6) is 0 Å². The lowest BCUT2D eigenvalue weighted by Gasteiger charge is -2.09. The first-order chi connectivity index (χ1) is 16.1. The monoisotopic (exact) mass is 460 g/mol. The number of carbonyl (C=O) groups excluding carboxylic acids is 1. The van der Waals surface area contributed by atoms with Gasteiger partial charge in [0.2, 0.25) is 5.91 Å². The Kier molecular flexibility index (Phi) is 5.93. The van der Waals surface area contributed by atoms with Crippen LogP contribution >= 0.6 is 0 Å². The number of nitrogens with one attached hydrogen (secondary N) is 1. The number of aromatic nitrogens is 6. The average Bonchev–Trinajstić information content (AvgIpc) is 3.27. The van der Waals surface area contributed by atoms with E-state index in [0.29, 0.717) is 23.1 Å². The maximum atomic E-state index is 13.0. The molecular formula is C23H24N8O3. The number of carbonyl (C=O) groups is 1. The minimum absolute atomic E-state index is 0.0195. The molecule has 3 aromatic heterocycles. The van der Waals surface area contributed by atoms with Crippen LogP contribution in [-0.2, 0) is 11.2 Å². The number of rotatable bonds is 6. The Balaban J connectivity index is 1.57. The number of non-ortho nitro benzene ring substituents is 1. The quantitative estimate of drug-likeness (QED) is 0.344. The number of hydrogen-bond acceptors (Lipinski definition) is 7. The second-order valence-electron chi connectivity index (χ2n) is 8.09. The van der Waals surface area contributed by atoms with Gasteiger partial charge >= 0.3 is 0 Å². The summed E-state index contributed by atoms with van der Waals surface area (Å²) in [6, 6.07) is 9.60. The Morgan fingerprint density at radius 3 is 2.21 bits per heavy atom.